The molecule has 0 aliphatic heterocycles. The number of nitrogens with one attached hydrogen (secondary N) is 1. The fourth-order valence-corrected chi connectivity index (χ4v) is 2.08. The fourth-order valence-electron chi connectivity index (χ4n) is 1.89. The van der Waals surface area contributed by atoms with Crippen molar-refractivity contribution in [2.24, 2.45) is 0 Å². The van der Waals surface area contributed by atoms with Gasteiger partial charge in [0.2, 0.25) is 0 Å². The van der Waals surface area contributed by atoms with E-state index < -0.39 is 0 Å². The largest absolute Gasteiger partial charge is 0.399 e. The zero-order chi connectivity index (χ0) is 11.8. The number of benzene rings is 2. The number of nitrogen functional groups attached to an aromatic ring is 1. The molecule has 0 radical (unpaired) electrons. The van der Waals surface area contributed by atoms with Crippen LogP contribution in [0.25, 0.3) is 22.2 Å². The quantitative estimate of drug-likeness (QED) is 0.643. The van der Waals surface area contributed by atoms with Gasteiger partial charge in [0.05, 0.1) is 11.2 Å². The van der Waals surface area contributed by atoms with Gasteiger partial charge < -0.3 is 5.73 Å². The third-order valence-corrected chi connectivity index (χ3v) is 2.92. The Labute approximate surface area is 103 Å². The molecule has 0 bridgehead atoms. The third kappa shape index (κ3) is 1.74. The predicted octanol–water partition coefficient (Wildman–Crippen LogP) is 3.47. The molecule has 0 atom stereocenters. The van der Waals surface area contributed by atoms with Crippen LogP contribution in [0.15, 0.2) is 42.5 Å². The summed E-state index contributed by atoms with van der Waals surface area (Å²) in [5.41, 5.74) is 9.26. The number of H-pyrrole nitrogens is 1. The normalized spacial score (nSPS) is 10.9. The van der Waals surface area contributed by atoms with Crippen molar-refractivity contribution >= 4 is 28.2 Å². The summed E-state index contributed by atoms with van der Waals surface area (Å²) in [6.45, 7) is 0. The van der Waals surface area contributed by atoms with Gasteiger partial charge in [0.1, 0.15) is 0 Å². The van der Waals surface area contributed by atoms with Crippen molar-refractivity contribution in [1.29, 1.82) is 0 Å². The molecule has 3 nitrogen and oxygen atoms in total. The number of rotatable bonds is 1. The lowest BCUT2D eigenvalue weighted by molar-refractivity contribution is 1.12. The first-order valence-electron chi connectivity index (χ1n) is 5.23. The maximum Gasteiger partial charge on any atom is 0.0999 e. The van der Waals surface area contributed by atoms with E-state index >= 15 is 0 Å². The van der Waals surface area contributed by atoms with E-state index in [1.165, 1.54) is 0 Å². The van der Waals surface area contributed by atoms with Crippen molar-refractivity contribution in [1.82, 2.24) is 10.2 Å². The molecule has 3 N–H and O–H groups in total. The molecule has 1 heterocycles. The van der Waals surface area contributed by atoms with Crippen LogP contribution in [-0.2, 0) is 0 Å². The lowest BCUT2D eigenvalue weighted by atomic mass is 10.1. The van der Waals surface area contributed by atoms with Crippen molar-refractivity contribution in [2.75, 3.05) is 5.73 Å². The molecule has 0 aliphatic rings. The topological polar surface area (TPSA) is 54.7 Å². The van der Waals surface area contributed by atoms with Gasteiger partial charge in [-0.25, -0.2) is 0 Å². The molecule has 17 heavy (non-hydrogen) atoms. The standard InChI is InChI=1S/C13H10ClN3/c14-9-3-1-2-8(6-9)13-11-5-4-10(15)7-12(11)16-17-13/h1-7H,15H2,(H,16,17). The minimum atomic E-state index is 0.703. The fraction of sp³-hybridized carbons (Fsp3) is 0. The highest BCUT2D eigenvalue weighted by Crippen LogP contribution is 2.28. The highest BCUT2D eigenvalue weighted by atomic mass is 35.5. The number of hydrogen-bond acceptors (Lipinski definition) is 2. The van der Waals surface area contributed by atoms with Crippen LogP contribution in [0.2, 0.25) is 5.02 Å². The molecular weight excluding hydrogens is 234 g/mol. The van der Waals surface area contributed by atoms with Crippen molar-refractivity contribution < 1.29 is 0 Å². The number of hydrogen-bond donors (Lipinski definition) is 2. The molecule has 84 valence electrons. The highest BCUT2D eigenvalue weighted by Gasteiger charge is 2.08. The van der Waals surface area contributed by atoms with Crippen LogP contribution in [0.3, 0.4) is 0 Å². The van der Waals surface area contributed by atoms with Gasteiger partial charge in [-0.05, 0) is 30.3 Å². The van der Waals surface area contributed by atoms with Crippen LogP contribution < -0.4 is 5.73 Å². The summed E-state index contributed by atoms with van der Waals surface area (Å²) in [7, 11) is 0. The van der Waals surface area contributed by atoms with Crippen molar-refractivity contribution in [3.8, 4) is 11.3 Å². The number of fused-ring (bicyclic) bond motifs is 1. The summed E-state index contributed by atoms with van der Waals surface area (Å²) < 4.78 is 0. The Hall–Kier alpha value is -2.00. The lowest BCUT2D eigenvalue weighted by Gasteiger charge is -1.99. The van der Waals surface area contributed by atoms with Crippen LogP contribution in [0, 0.1) is 0 Å². The number of nitrogens with zero attached hydrogens (tertiary/aromatic N) is 1. The molecule has 4 heteroatoms. The number of aromatic nitrogens is 2. The number of halogens is 1. The molecule has 1 aromatic heterocycles. The molecule has 2 aromatic carbocycles. The first-order chi connectivity index (χ1) is 8.24. The van der Waals surface area contributed by atoms with Crippen LogP contribution >= 0.6 is 11.6 Å². The Morgan fingerprint density at radius 3 is 2.82 bits per heavy atom. The molecule has 0 saturated carbocycles. The minimum Gasteiger partial charge on any atom is -0.399 e. The van der Waals surface area contributed by atoms with Gasteiger partial charge in [-0.15, -0.1) is 0 Å². The third-order valence-electron chi connectivity index (χ3n) is 2.68. The van der Waals surface area contributed by atoms with E-state index in [4.69, 9.17) is 17.3 Å². The van der Waals surface area contributed by atoms with Gasteiger partial charge >= 0.3 is 0 Å². The summed E-state index contributed by atoms with van der Waals surface area (Å²) in [6, 6.07) is 13.3. The molecule has 0 aliphatic carbocycles. The average Bonchev–Trinajstić information content (AvgIpc) is 2.71. The van der Waals surface area contributed by atoms with Gasteiger partial charge in [0, 0.05) is 21.7 Å². The maximum absolute atomic E-state index is 5.98. The summed E-state index contributed by atoms with van der Waals surface area (Å²) in [4.78, 5) is 0. The van der Waals surface area contributed by atoms with Crippen LogP contribution in [0.5, 0.6) is 0 Å². The molecule has 0 amide bonds. The summed E-state index contributed by atoms with van der Waals surface area (Å²) in [5.74, 6) is 0. The van der Waals surface area contributed by atoms with E-state index in [0.717, 1.165) is 27.8 Å². The average molecular weight is 244 g/mol. The number of anilines is 1. The summed E-state index contributed by atoms with van der Waals surface area (Å²) in [5, 5.41) is 9.03. The molecule has 0 saturated heterocycles. The zero-order valence-corrected chi connectivity index (χ0v) is 9.70. The Kier molecular flexibility index (Phi) is 2.27. The second-order valence-corrected chi connectivity index (χ2v) is 4.32. The van der Waals surface area contributed by atoms with Gasteiger partial charge in [-0.3, -0.25) is 5.10 Å². The Bertz CT molecular complexity index is 688. The van der Waals surface area contributed by atoms with Crippen molar-refractivity contribution in [3.05, 3.63) is 47.5 Å². The van der Waals surface area contributed by atoms with E-state index in [0.29, 0.717) is 5.02 Å². The highest BCUT2D eigenvalue weighted by molar-refractivity contribution is 6.30. The van der Waals surface area contributed by atoms with E-state index in [2.05, 4.69) is 10.2 Å². The van der Waals surface area contributed by atoms with Gasteiger partial charge in [-0.2, -0.15) is 5.10 Å². The molecule has 0 spiro atoms. The van der Waals surface area contributed by atoms with Crippen molar-refractivity contribution in [3.63, 3.8) is 0 Å². The van der Waals surface area contributed by atoms with Crippen LogP contribution in [-0.4, -0.2) is 10.2 Å². The SMILES string of the molecule is Nc1ccc2c(-c3cccc(Cl)c3)n[nH]c2c1. The van der Waals surface area contributed by atoms with Crippen LogP contribution in [0.4, 0.5) is 5.69 Å². The summed E-state index contributed by atoms with van der Waals surface area (Å²) >= 11 is 5.98. The van der Waals surface area contributed by atoms with E-state index in [1.807, 2.05) is 42.5 Å². The first kappa shape index (κ1) is 10.2. The molecule has 0 fully saturated rings. The molecule has 3 rings (SSSR count). The number of aromatic amines is 1. The predicted molar refractivity (Wildman–Crippen MR) is 71.0 cm³/mol. The smallest absolute Gasteiger partial charge is 0.0999 e. The second-order valence-electron chi connectivity index (χ2n) is 3.89. The van der Waals surface area contributed by atoms with Crippen LogP contribution in [0.1, 0.15) is 0 Å². The number of nitrogens with two attached hydrogens (primary N) is 1. The van der Waals surface area contributed by atoms with Gasteiger partial charge in [0.25, 0.3) is 0 Å². The molecular formula is C13H10ClN3. The molecule has 3 aromatic rings. The second kappa shape index (κ2) is 3.79. The zero-order valence-electron chi connectivity index (χ0n) is 8.94. The Balaban J connectivity index is 2.24. The molecule has 0 unspecified atom stereocenters. The van der Waals surface area contributed by atoms with E-state index in [9.17, 15) is 0 Å². The van der Waals surface area contributed by atoms with E-state index in [1.54, 1.807) is 0 Å². The van der Waals surface area contributed by atoms with Crippen molar-refractivity contribution in [2.45, 2.75) is 0 Å². The lowest BCUT2D eigenvalue weighted by Crippen LogP contribution is -1.82. The maximum atomic E-state index is 5.98. The minimum absolute atomic E-state index is 0.703. The Morgan fingerprint density at radius 1 is 1.12 bits per heavy atom. The van der Waals surface area contributed by atoms with Gasteiger partial charge in [0.15, 0.2) is 0 Å². The Morgan fingerprint density at radius 2 is 2.00 bits per heavy atom. The summed E-state index contributed by atoms with van der Waals surface area (Å²) in [6.07, 6.45) is 0. The first-order valence-corrected chi connectivity index (χ1v) is 5.61. The monoisotopic (exact) mass is 243 g/mol. The van der Waals surface area contributed by atoms with E-state index in [-0.39, 0.29) is 0 Å². The van der Waals surface area contributed by atoms with Gasteiger partial charge in [-0.1, -0.05) is 23.7 Å².